The number of amides is 1. The minimum atomic E-state index is -0.734. The third-order valence-corrected chi connectivity index (χ3v) is 2.84. The van der Waals surface area contributed by atoms with Crippen LogP contribution in [0.15, 0.2) is 42.5 Å². The van der Waals surface area contributed by atoms with E-state index in [1.165, 1.54) is 0 Å². The monoisotopic (exact) mass is 276 g/mol. The zero-order chi connectivity index (χ0) is 14.5. The average Bonchev–Trinajstić information content (AvgIpc) is 2.37. The Kier molecular flexibility index (Phi) is 4.42. The molecule has 0 saturated heterocycles. The SMILES string of the molecule is NCc1ccccc1CC(=O)Nc1cc(F)cc(F)c1. The number of hydrogen-bond acceptors (Lipinski definition) is 2. The molecule has 2 rings (SSSR count). The normalized spacial score (nSPS) is 10.3. The maximum atomic E-state index is 13.0. The number of hydrogen-bond donors (Lipinski definition) is 2. The Hall–Kier alpha value is -2.27. The largest absolute Gasteiger partial charge is 0.326 e. The Morgan fingerprint density at radius 3 is 2.25 bits per heavy atom. The molecule has 2 aromatic rings. The summed E-state index contributed by atoms with van der Waals surface area (Å²) in [4.78, 5) is 11.9. The zero-order valence-corrected chi connectivity index (χ0v) is 10.7. The van der Waals surface area contributed by atoms with Crippen molar-refractivity contribution in [1.29, 1.82) is 0 Å². The molecule has 0 aliphatic heterocycles. The van der Waals surface area contributed by atoms with E-state index in [1.807, 2.05) is 18.2 Å². The number of halogens is 2. The van der Waals surface area contributed by atoms with Gasteiger partial charge < -0.3 is 11.1 Å². The first-order valence-electron chi connectivity index (χ1n) is 6.11. The molecule has 0 aliphatic carbocycles. The van der Waals surface area contributed by atoms with E-state index in [2.05, 4.69) is 5.32 Å². The molecule has 0 atom stereocenters. The lowest BCUT2D eigenvalue weighted by Gasteiger charge is -2.09. The standard InChI is InChI=1S/C15H14F2N2O/c16-12-6-13(17)8-14(7-12)19-15(20)5-10-3-1-2-4-11(10)9-18/h1-4,6-8H,5,9,18H2,(H,19,20). The molecule has 20 heavy (non-hydrogen) atoms. The van der Waals surface area contributed by atoms with Gasteiger partial charge >= 0.3 is 0 Å². The summed E-state index contributed by atoms with van der Waals surface area (Å²) in [5, 5.41) is 2.46. The van der Waals surface area contributed by atoms with E-state index in [4.69, 9.17) is 5.73 Å². The first-order valence-corrected chi connectivity index (χ1v) is 6.11. The highest BCUT2D eigenvalue weighted by molar-refractivity contribution is 5.92. The molecule has 5 heteroatoms. The van der Waals surface area contributed by atoms with Crippen LogP contribution < -0.4 is 11.1 Å². The molecule has 3 N–H and O–H groups in total. The molecule has 0 aliphatic rings. The van der Waals surface area contributed by atoms with E-state index in [0.717, 1.165) is 29.3 Å². The topological polar surface area (TPSA) is 55.1 Å². The Morgan fingerprint density at radius 2 is 1.65 bits per heavy atom. The molecule has 104 valence electrons. The van der Waals surface area contributed by atoms with Crippen molar-refractivity contribution in [2.45, 2.75) is 13.0 Å². The second-order valence-corrected chi connectivity index (χ2v) is 4.36. The first kappa shape index (κ1) is 14.1. The van der Waals surface area contributed by atoms with E-state index in [-0.39, 0.29) is 18.0 Å². The fraction of sp³-hybridized carbons (Fsp3) is 0.133. The second-order valence-electron chi connectivity index (χ2n) is 4.36. The van der Waals surface area contributed by atoms with Crippen molar-refractivity contribution in [3.8, 4) is 0 Å². The lowest BCUT2D eigenvalue weighted by molar-refractivity contribution is -0.115. The predicted octanol–water partition coefficient (Wildman–Crippen LogP) is 2.60. The molecule has 3 nitrogen and oxygen atoms in total. The smallest absolute Gasteiger partial charge is 0.228 e. The molecular weight excluding hydrogens is 262 g/mol. The van der Waals surface area contributed by atoms with E-state index < -0.39 is 11.6 Å². The molecule has 0 fully saturated rings. The van der Waals surface area contributed by atoms with Gasteiger partial charge in [-0.3, -0.25) is 4.79 Å². The van der Waals surface area contributed by atoms with E-state index >= 15 is 0 Å². The van der Waals surface area contributed by atoms with Crippen LogP contribution in [0.5, 0.6) is 0 Å². The van der Waals surface area contributed by atoms with Gasteiger partial charge in [-0.05, 0) is 23.3 Å². The third-order valence-electron chi connectivity index (χ3n) is 2.84. The summed E-state index contributed by atoms with van der Waals surface area (Å²) in [5.74, 6) is -1.82. The molecule has 0 unspecified atom stereocenters. The molecular formula is C15H14F2N2O. The Bertz CT molecular complexity index is 609. The number of anilines is 1. The molecule has 1 amide bonds. The van der Waals surface area contributed by atoms with Gasteiger partial charge in [-0.25, -0.2) is 8.78 Å². The molecule has 2 aromatic carbocycles. The highest BCUT2D eigenvalue weighted by atomic mass is 19.1. The summed E-state index contributed by atoms with van der Waals surface area (Å²) in [7, 11) is 0. The lowest BCUT2D eigenvalue weighted by Crippen LogP contribution is -2.16. The average molecular weight is 276 g/mol. The Balaban J connectivity index is 2.09. The third kappa shape index (κ3) is 3.61. The Labute approximate surface area is 115 Å². The summed E-state index contributed by atoms with van der Waals surface area (Å²) < 4.78 is 26.0. The van der Waals surface area contributed by atoms with Crippen LogP contribution in [0.25, 0.3) is 0 Å². The molecule has 0 aromatic heterocycles. The van der Waals surface area contributed by atoms with Crippen LogP contribution in [-0.2, 0) is 17.8 Å². The Morgan fingerprint density at radius 1 is 1.05 bits per heavy atom. The quantitative estimate of drug-likeness (QED) is 0.902. The van der Waals surface area contributed by atoms with Crippen LogP contribution in [0.1, 0.15) is 11.1 Å². The van der Waals surface area contributed by atoms with Gasteiger partial charge in [0.05, 0.1) is 6.42 Å². The van der Waals surface area contributed by atoms with Crippen molar-refractivity contribution in [3.63, 3.8) is 0 Å². The predicted molar refractivity (Wildman–Crippen MR) is 73.0 cm³/mol. The van der Waals surface area contributed by atoms with Gasteiger partial charge in [0, 0.05) is 18.3 Å². The van der Waals surface area contributed by atoms with Gasteiger partial charge in [0.1, 0.15) is 11.6 Å². The number of carbonyl (C=O) groups is 1. The van der Waals surface area contributed by atoms with Crippen molar-refractivity contribution in [2.75, 3.05) is 5.32 Å². The summed E-state index contributed by atoms with van der Waals surface area (Å²) >= 11 is 0. The zero-order valence-electron chi connectivity index (χ0n) is 10.7. The van der Waals surface area contributed by atoms with Crippen molar-refractivity contribution in [3.05, 3.63) is 65.2 Å². The maximum Gasteiger partial charge on any atom is 0.228 e. The molecule has 0 heterocycles. The van der Waals surface area contributed by atoms with Gasteiger partial charge in [-0.2, -0.15) is 0 Å². The number of rotatable bonds is 4. The number of carbonyl (C=O) groups excluding carboxylic acids is 1. The van der Waals surface area contributed by atoms with Crippen LogP contribution in [0.2, 0.25) is 0 Å². The van der Waals surface area contributed by atoms with Crippen molar-refractivity contribution < 1.29 is 13.6 Å². The van der Waals surface area contributed by atoms with Gasteiger partial charge in [0.15, 0.2) is 0 Å². The molecule has 0 radical (unpaired) electrons. The van der Waals surface area contributed by atoms with E-state index in [1.54, 1.807) is 6.07 Å². The van der Waals surface area contributed by atoms with Gasteiger partial charge in [-0.15, -0.1) is 0 Å². The highest BCUT2D eigenvalue weighted by Gasteiger charge is 2.08. The van der Waals surface area contributed by atoms with E-state index in [0.29, 0.717) is 6.54 Å². The van der Waals surface area contributed by atoms with Crippen molar-refractivity contribution in [2.24, 2.45) is 5.73 Å². The minimum Gasteiger partial charge on any atom is -0.326 e. The van der Waals surface area contributed by atoms with Crippen LogP contribution in [-0.4, -0.2) is 5.91 Å². The second kappa shape index (κ2) is 6.25. The van der Waals surface area contributed by atoms with Crippen LogP contribution in [0, 0.1) is 11.6 Å². The molecule has 0 saturated carbocycles. The van der Waals surface area contributed by atoms with E-state index in [9.17, 15) is 13.6 Å². The summed E-state index contributed by atoms with van der Waals surface area (Å²) in [6.45, 7) is 0.331. The maximum absolute atomic E-state index is 13.0. The van der Waals surface area contributed by atoms with Crippen LogP contribution >= 0.6 is 0 Å². The molecule has 0 bridgehead atoms. The summed E-state index contributed by atoms with van der Waals surface area (Å²) in [5.41, 5.74) is 7.35. The number of nitrogens with two attached hydrogens (primary N) is 1. The fourth-order valence-electron chi connectivity index (χ4n) is 1.93. The lowest BCUT2D eigenvalue weighted by atomic mass is 10.0. The van der Waals surface area contributed by atoms with Crippen LogP contribution in [0.4, 0.5) is 14.5 Å². The van der Waals surface area contributed by atoms with Gasteiger partial charge in [0.2, 0.25) is 5.91 Å². The van der Waals surface area contributed by atoms with Gasteiger partial charge in [-0.1, -0.05) is 24.3 Å². The van der Waals surface area contributed by atoms with Gasteiger partial charge in [0.25, 0.3) is 0 Å². The van der Waals surface area contributed by atoms with Crippen LogP contribution in [0.3, 0.4) is 0 Å². The minimum absolute atomic E-state index is 0.0951. The highest BCUT2D eigenvalue weighted by Crippen LogP contribution is 2.14. The van der Waals surface area contributed by atoms with Crippen molar-refractivity contribution >= 4 is 11.6 Å². The number of nitrogens with one attached hydrogen (secondary N) is 1. The van der Waals surface area contributed by atoms with Crippen molar-refractivity contribution in [1.82, 2.24) is 0 Å². The fourth-order valence-corrected chi connectivity index (χ4v) is 1.93. The molecule has 0 spiro atoms. The summed E-state index contributed by atoms with van der Waals surface area (Å²) in [6, 6.07) is 10.2. The number of benzene rings is 2. The summed E-state index contributed by atoms with van der Waals surface area (Å²) in [6.07, 6.45) is 0.103. The first-order chi connectivity index (χ1) is 9.58.